The fraction of sp³-hybridized carbons (Fsp3) is 0.154. The smallest absolute Gasteiger partial charge is 0.254 e. The third-order valence-electron chi connectivity index (χ3n) is 2.67. The van der Waals surface area contributed by atoms with Gasteiger partial charge in [0, 0.05) is 11.1 Å². The van der Waals surface area contributed by atoms with Crippen LogP contribution in [0.25, 0.3) is 11.3 Å². The minimum absolute atomic E-state index is 0.204. The maximum atomic E-state index is 11.6. The highest BCUT2D eigenvalue weighted by Crippen LogP contribution is 2.30. The first-order valence-electron chi connectivity index (χ1n) is 5.30. The summed E-state index contributed by atoms with van der Waals surface area (Å²) in [5, 5.41) is 8.92. The average Bonchev–Trinajstić information content (AvgIpc) is 2.41. The Morgan fingerprint density at radius 1 is 1.44 bits per heavy atom. The van der Waals surface area contributed by atoms with Gasteiger partial charge in [-0.3, -0.25) is 4.79 Å². The van der Waals surface area contributed by atoms with E-state index in [1.54, 1.807) is 25.1 Å². The largest absolute Gasteiger partial charge is 0.496 e. The molecule has 0 aliphatic rings. The molecule has 1 aromatic carbocycles. The summed E-state index contributed by atoms with van der Waals surface area (Å²) in [4.78, 5) is 18.2. The molecule has 0 aliphatic heterocycles. The number of benzene rings is 1. The second kappa shape index (κ2) is 4.72. The molecule has 1 heterocycles. The molecule has 0 spiro atoms. The van der Waals surface area contributed by atoms with Crippen molar-refractivity contribution in [3.8, 4) is 23.1 Å². The molecule has 5 nitrogen and oxygen atoms in total. The molecule has 2 rings (SSSR count). The second-order valence-corrected chi connectivity index (χ2v) is 3.73. The number of H-pyrrole nitrogens is 1. The lowest BCUT2D eigenvalue weighted by atomic mass is 10.0. The average molecular weight is 241 g/mol. The maximum Gasteiger partial charge on any atom is 0.254 e. The van der Waals surface area contributed by atoms with Crippen molar-refractivity contribution in [3.63, 3.8) is 0 Å². The summed E-state index contributed by atoms with van der Waals surface area (Å²) < 4.78 is 5.23. The molecular weight excluding hydrogens is 230 g/mol. The Bertz CT molecular complexity index is 683. The van der Waals surface area contributed by atoms with E-state index in [1.165, 1.54) is 13.4 Å². The third kappa shape index (κ3) is 1.96. The highest BCUT2D eigenvalue weighted by molar-refractivity contribution is 5.71. The minimum atomic E-state index is -0.204. The fourth-order valence-electron chi connectivity index (χ4n) is 1.70. The molecule has 90 valence electrons. The number of nitriles is 1. The molecule has 18 heavy (non-hydrogen) atoms. The molecule has 2 aromatic rings. The number of nitrogens with zero attached hydrogens (tertiary/aromatic N) is 2. The fourth-order valence-corrected chi connectivity index (χ4v) is 1.70. The number of nitrogens with one attached hydrogen (secondary N) is 1. The molecule has 0 radical (unpaired) electrons. The molecule has 0 aliphatic carbocycles. The number of methoxy groups -OCH3 is 1. The van der Waals surface area contributed by atoms with Gasteiger partial charge in [0.25, 0.3) is 5.56 Å². The van der Waals surface area contributed by atoms with E-state index in [4.69, 9.17) is 10.00 Å². The quantitative estimate of drug-likeness (QED) is 0.866. The Labute approximate surface area is 104 Å². The molecule has 0 saturated carbocycles. The zero-order chi connectivity index (χ0) is 13.1. The summed E-state index contributed by atoms with van der Waals surface area (Å²) in [5.41, 5.74) is 1.94. The Morgan fingerprint density at radius 2 is 2.22 bits per heavy atom. The van der Waals surface area contributed by atoms with Crippen LogP contribution < -0.4 is 10.3 Å². The first kappa shape index (κ1) is 11.9. The predicted octanol–water partition coefficient (Wildman–Crippen LogP) is 1.63. The standard InChI is InChI=1S/C13H11N3O2/c1-8-12(15-7-16-13(8)17)10-5-9(6-14)3-4-11(10)18-2/h3-5,7H,1-2H3,(H,15,16,17). The second-order valence-electron chi connectivity index (χ2n) is 3.73. The Balaban J connectivity index is 2.73. The van der Waals surface area contributed by atoms with Crippen LogP contribution in [-0.4, -0.2) is 17.1 Å². The molecule has 0 amide bonds. The SMILES string of the molecule is COc1ccc(C#N)cc1-c1nc[nH]c(=O)c1C. The molecule has 1 aromatic heterocycles. The van der Waals surface area contributed by atoms with Gasteiger partial charge in [0.05, 0.1) is 30.8 Å². The van der Waals surface area contributed by atoms with Crippen molar-refractivity contribution in [2.75, 3.05) is 7.11 Å². The number of aromatic amines is 1. The van der Waals surface area contributed by atoms with Crippen LogP contribution in [0.2, 0.25) is 0 Å². The molecule has 0 fully saturated rings. The van der Waals surface area contributed by atoms with Crippen LogP contribution in [0, 0.1) is 18.3 Å². The summed E-state index contributed by atoms with van der Waals surface area (Å²) >= 11 is 0. The van der Waals surface area contributed by atoms with Gasteiger partial charge in [0.15, 0.2) is 0 Å². The van der Waals surface area contributed by atoms with E-state index in [0.29, 0.717) is 28.1 Å². The van der Waals surface area contributed by atoms with Crippen LogP contribution in [0.4, 0.5) is 0 Å². The van der Waals surface area contributed by atoms with Crippen molar-refractivity contribution in [1.82, 2.24) is 9.97 Å². The number of hydrogen-bond acceptors (Lipinski definition) is 4. The Morgan fingerprint density at radius 3 is 2.89 bits per heavy atom. The van der Waals surface area contributed by atoms with Crippen LogP contribution in [0.15, 0.2) is 29.3 Å². The number of hydrogen-bond donors (Lipinski definition) is 1. The van der Waals surface area contributed by atoms with Crippen LogP contribution in [0.1, 0.15) is 11.1 Å². The summed E-state index contributed by atoms with van der Waals surface area (Å²) in [6, 6.07) is 7.06. The van der Waals surface area contributed by atoms with E-state index in [9.17, 15) is 4.79 Å². The lowest BCUT2D eigenvalue weighted by Crippen LogP contribution is -2.11. The van der Waals surface area contributed by atoms with E-state index < -0.39 is 0 Å². The minimum Gasteiger partial charge on any atom is -0.496 e. The van der Waals surface area contributed by atoms with Gasteiger partial charge in [-0.25, -0.2) is 4.98 Å². The highest BCUT2D eigenvalue weighted by atomic mass is 16.5. The van der Waals surface area contributed by atoms with Gasteiger partial charge >= 0.3 is 0 Å². The summed E-state index contributed by atoms with van der Waals surface area (Å²) in [6.45, 7) is 1.68. The van der Waals surface area contributed by atoms with Crippen LogP contribution >= 0.6 is 0 Å². The van der Waals surface area contributed by atoms with Crippen LogP contribution in [-0.2, 0) is 0 Å². The normalized spacial score (nSPS) is 9.83. The van der Waals surface area contributed by atoms with Crippen molar-refractivity contribution in [3.05, 3.63) is 46.0 Å². The predicted molar refractivity (Wildman–Crippen MR) is 66.3 cm³/mol. The lowest BCUT2D eigenvalue weighted by molar-refractivity contribution is 0.416. The van der Waals surface area contributed by atoms with Gasteiger partial charge in [-0.2, -0.15) is 5.26 Å². The Hall–Kier alpha value is -2.61. The van der Waals surface area contributed by atoms with Gasteiger partial charge in [0.2, 0.25) is 0 Å². The monoisotopic (exact) mass is 241 g/mol. The van der Waals surface area contributed by atoms with Gasteiger partial charge in [-0.1, -0.05) is 0 Å². The third-order valence-corrected chi connectivity index (χ3v) is 2.67. The molecule has 0 saturated heterocycles. The molecule has 0 unspecified atom stereocenters. The van der Waals surface area contributed by atoms with Crippen molar-refractivity contribution >= 4 is 0 Å². The number of aromatic nitrogens is 2. The summed E-state index contributed by atoms with van der Waals surface area (Å²) in [7, 11) is 1.54. The van der Waals surface area contributed by atoms with Gasteiger partial charge in [0.1, 0.15) is 5.75 Å². The molecule has 1 N–H and O–H groups in total. The molecule has 0 atom stereocenters. The van der Waals surface area contributed by atoms with Gasteiger partial charge in [-0.15, -0.1) is 0 Å². The van der Waals surface area contributed by atoms with Gasteiger partial charge < -0.3 is 9.72 Å². The first-order valence-corrected chi connectivity index (χ1v) is 5.30. The molecular formula is C13H11N3O2. The number of rotatable bonds is 2. The highest BCUT2D eigenvalue weighted by Gasteiger charge is 2.12. The zero-order valence-electron chi connectivity index (χ0n) is 10.0. The number of ether oxygens (including phenoxy) is 1. The first-order chi connectivity index (χ1) is 8.67. The van der Waals surface area contributed by atoms with E-state index in [1.807, 2.05) is 0 Å². The Kier molecular flexibility index (Phi) is 3.11. The van der Waals surface area contributed by atoms with E-state index in [2.05, 4.69) is 16.0 Å². The van der Waals surface area contributed by atoms with E-state index in [-0.39, 0.29) is 5.56 Å². The topological polar surface area (TPSA) is 78.8 Å². The summed E-state index contributed by atoms with van der Waals surface area (Å²) in [5.74, 6) is 0.579. The van der Waals surface area contributed by atoms with Crippen molar-refractivity contribution in [2.24, 2.45) is 0 Å². The van der Waals surface area contributed by atoms with E-state index >= 15 is 0 Å². The maximum absolute atomic E-state index is 11.6. The van der Waals surface area contributed by atoms with E-state index in [0.717, 1.165) is 0 Å². The van der Waals surface area contributed by atoms with Gasteiger partial charge in [-0.05, 0) is 25.1 Å². The van der Waals surface area contributed by atoms with Crippen molar-refractivity contribution in [1.29, 1.82) is 5.26 Å². The zero-order valence-corrected chi connectivity index (χ0v) is 10.0. The van der Waals surface area contributed by atoms with Crippen molar-refractivity contribution < 1.29 is 4.74 Å². The van der Waals surface area contributed by atoms with Crippen LogP contribution in [0.5, 0.6) is 5.75 Å². The van der Waals surface area contributed by atoms with Crippen LogP contribution in [0.3, 0.4) is 0 Å². The summed E-state index contributed by atoms with van der Waals surface area (Å²) in [6.07, 6.45) is 1.34. The van der Waals surface area contributed by atoms with Crippen molar-refractivity contribution in [2.45, 2.75) is 6.92 Å². The molecule has 5 heteroatoms. The lowest BCUT2D eigenvalue weighted by Gasteiger charge is -2.09. The molecule has 0 bridgehead atoms.